The summed E-state index contributed by atoms with van der Waals surface area (Å²) >= 11 is 0. The van der Waals surface area contributed by atoms with Crippen molar-refractivity contribution in [3.8, 4) is 0 Å². The van der Waals surface area contributed by atoms with Gasteiger partial charge in [0, 0.05) is 5.56 Å². The number of benzene rings is 2. The molecule has 2 atom stereocenters. The zero-order valence-corrected chi connectivity index (χ0v) is 16.0. The van der Waals surface area contributed by atoms with Crippen molar-refractivity contribution in [2.24, 2.45) is 0 Å². The Morgan fingerprint density at radius 3 is 2.32 bits per heavy atom. The quantitative estimate of drug-likeness (QED) is 0.629. The van der Waals surface area contributed by atoms with Gasteiger partial charge in [0.15, 0.2) is 6.54 Å². The molecule has 0 spiro atoms. The second kappa shape index (κ2) is 8.22. The summed E-state index contributed by atoms with van der Waals surface area (Å²) in [6, 6.07) is 18.3. The number of nitrogens with two attached hydrogens (primary N) is 1. The number of rotatable bonds is 7. The van der Waals surface area contributed by atoms with Crippen LogP contribution in [0, 0.1) is 0 Å². The highest BCUT2D eigenvalue weighted by Gasteiger charge is 2.52. The predicted molar refractivity (Wildman–Crippen MR) is 104 cm³/mol. The van der Waals surface area contributed by atoms with Crippen LogP contribution < -0.4 is 16.1 Å². The van der Waals surface area contributed by atoms with E-state index >= 15 is 0 Å². The van der Waals surface area contributed by atoms with Gasteiger partial charge in [-0.3, -0.25) is 15.0 Å². The lowest BCUT2D eigenvalue weighted by Crippen LogP contribution is -2.87. The highest BCUT2D eigenvalue weighted by molar-refractivity contribution is 6.08. The van der Waals surface area contributed by atoms with E-state index in [4.69, 9.17) is 0 Å². The molecule has 0 bridgehead atoms. The molecule has 4 N–H and O–H groups in total. The van der Waals surface area contributed by atoms with Gasteiger partial charge in [-0.05, 0) is 18.9 Å². The van der Waals surface area contributed by atoms with Gasteiger partial charge >= 0.3 is 6.03 Å². The maximum Gasteiger partial charge on any atom is 0.344 e. The van der Waals surface area contributed by atoms with Crippen molar-refractivity contribution in [2.75, 3.05) is 6.54 Å². The first-order chi connectivity index (χ1) is 13.5. The predicted octanol–water partition coefficient (Wildman–Crippen LogP) is 1.20. The second-order valence-electron chi connectivity index (χ2n) is 6.87. The number of nitrogens with zero attached hydrogens (tertiary/aromatic N) is 1. The fourth-order valence-corrected chi connectivity index (χ4v) is 3.39. The monoisotopic (exact) mass is 381 g/mol. The molecule has 0 unspecified atom stereocenters. The molecule has 0 saturated carbocycles. The number of hydrogen-bond acceptors (Lipinski definition) is 3. The van der Waals surface area contributed by atoms with Crippen molar-refractivity contribution in [2.45, 2.75) is 31.8 Å². The van der Waals surface area contributed by atoms with Crippen molar-refractivity contribution in [1.82, 2.24) is 15.8 Å². The minimum absolute atomic E-state index is 0.0779. The summed E-state index contributed by atoms with van der Waals surface area (Å²) in [6.45, 7) is 3.91. The minimum atomic E-state index is -1.16. The average Bonchev–Trinajstić information content (AvgIpc) is 2.98. The summed E-state index contributed by atoms with van der Waals surface area (Å²) < 4.78 is 0. The van der Waals surface area contributed by atoms with E-state index in [0.29, 0.717) is 12.0 Å². The molecule has 2 aromatic rings. The molecule has 2 aromatic carbocycles. The number of amides is 4. The Labute approximate surface area is 164 Å². The molecule has 1 aliphatic rings. The first-order valence-corrected chi connectivity index (χ1v) is 9.38. The van der Waals surface area contributed by atoms with Gasteiger partial charge in [-0.25, -0.2) is 4.79 Å². The number of urea groups is 1. The Kier molecular flexibility index (Phi) is 5.75. The molecule has 0 aliphatic carbocycles. The van der Waals surface area contributed by atoms with Crippen molar-refractivity contribution >= 4 is 17.8 Å². The summed E-state index contributed by atoms with van der Waals surface area (Å²) in [6.07, 6.45) is 0.380. The molecule has 1 aliphatic heterocycles. The van der Waals surface area contributed by atoms with Crippen molar-refractivity contribution in [1.29, 1.82) is 0 Å². The van der Waals surface area contributed by atoms with Gasteiger partial charge in [0.2, 0.25) is 0 Å². The zero-order valence-electron chi connectivity index (χ0n) is 16.0. The average molecular weight is 381 g/mol. The van der Waals surface area contributed by atoms with Crippen LogP contribution in [-0.4, -0.2) is 29.4 Å². The Morgan fingerprint density at radius 1 is 1.11 bits per heavy atom. The SMILES string of the molecule is CC[C@@]1(c2ccccc2)NC(=O)N(NC(=O)C[NH2+][C@@H](C)c2ccccc2)C1=O. The molecule has 7 nitrogen and oxygen atoms in total. The summed E-state index contributed by atoms with van der Waals surface area (Å²) in [5.74, 6) is -0.887. The lowest BCUT2D eigenvalue weighted by molar-refractivity contribution is -0.682. The number of nitrogens with one attached hydrogen (secondary N) is 2. The smallest absolute Gasteiger partial charge is 0.332 e. The number of quaternary nitrogens is 1. The van der Waals surface area contributed by atoms with Gasteiger partial charge in [-0.2, -0.15) is 5.01 Å². The van der Waals surface area contributed by atoms with Gasteiger partial charge < -0.3 is 10.6 Å². The highest BCUT2D eigenvalue weighted by Crippen LogP contribution is 2.31. The van der Waals surface area contributed by atoms with E-state index < -0.39 is 23.4 Å². The van der Waals surface area contributed by atoms with Crippen LogP contribution in [0.25, 0.3) is 0 Å². The Bertz CT molecular complexity index is 856. The molecule has 28 heavy (non-hydrogen) atoms. The van der Waals surface area contributed by atoms with E-state index in [-0.39, 0.29) is 12.6 Å². The molecule has 1 fully saturated rings. The van der Waals surface area contributed by atoms with Crippen LogP contribution in [0.3, 0.4) is 0 Å². The van der Waals surface area contributed by atoms with Crippen LogP contribution in [0.2, 0.25) is 0 Å². The van der Waals surface area contributed by atoms with Crippen LogP contribution in [0.5, 0.6) is 0 Å². The van der Waals surface area contributed by atoms with E-state index in [2.05, 4.69) is 10.7 Å². The highest BCUT2D eigenvalue weighted by atomic mass is 16.2. The van der Waals surface area contributed by atoms with Crippen LogP contribution in [0.15, 0.2) is 60.7 Å². The number of hydrogen-bond donors (Lipinski definition) is 3. The standard InChI is InChI=1S/C21H24N4O3/c1-3-21(17-12-8-5-9-13-17)19(27)25(20(28)23-21)24-18(26)14-22-15(2)16-10-6-4-7-11-16/h4-13,15,22H,3,14H2,1-2H3,(H,23,28)(H,24,26)/p+1/t15-,21-/m0/s1. The molecule has 3 rings (SSSR count). The zero-order chi connectivity index (χ0) is 20.1. The van der Waals surface area contributed by atoms with Gasteiger partial charge in [-0.1, -0.05) is 67.6 Å². The summed E-state index contributed by atoms with van der Waals surface area (Å²) in [7, 11) is 0. The molecule has 0 radical (unpaired) electrons. The Balaban J connectivity index is 1.65. The van der Waals surface area contributed by atoms with Crippen LogP contribution in [0.4, 0.5) is 4.79 Å². The first kappa shape index (κ1) is 19.6. The molecular weight excluding hydrogens is 356 g/mol. The van der Waals surface area contributed by atoms with E-state index in [9.17, 15) is 14.4 Å². The third-order valence-electron chi connectivity index (χ3n) is 5.11. The van der Waals surface area contributed by atoms with E-state index in [1.54, 1.807) is 12.1 Å². The number of carbonyl (C=O) groups is 3. The molecule has 7 heteroatoms. The fourth-order valence-electron chi connectivity index (χ4n) is 3.39. The molecule has 1 saturated heterocycles. The largest absolute Gasteiger partial charge is 0.344 e. The lowest BCUT2D eigenvalue weighted by Gasteiger charge is -2.25. The third-order valence-corrected chi connectivity index (χ3v) is 5.11. The molecule has 0 aromatic heterocycles. The van der Waals surface area contributed by atoms with E-state index in [1.807, 2.05) is 67.7 Å². The number of carbonyl (C=O) groups excluding carboxylic acids is 3. The summed E-state index contributed by atoms with van der Waals surface area (Å²) in [5.41, 5.74) is 3.07. The van der Waals surface area contributed by atoms with Crippen LogP contribution in [-0.2, 0) is 15.1 Å². The van der Waals surface area contributed by atoms with Crippen molar-refractivity contribution in [3.63, 3.8) is 0 Å². The molecule has 146 valence electrons. The van der Waals surface area contributed by atoms with Crippen LogP contribution in [0.1, 0.15) is 37.4 Å². The minimum Gasteiger partial charge on any atom is -0.332 e. The van der Waals surface area contributed by atoms with Gasteiger partial charge in [0.1, 0.15) is 11.6 Å². The van der Waals surface area contributed by atoms with E-state index in [1.165, 1.54) is 0 Å². The first-order valence-electron chi connectivity index (χ1n) is 9.38. The van der Waals surface area contributed by atoms with Gasteiger partial charge in [0.25, 0.3) is 11.8 Å². The summed E-state index contributed by atoms with van der Waals surface area (Å²) in [5, 5.41) is 5.39. The van der Waals surface area contributed by atoms with Crippen molar-refractivity contribution < 1.29 is 19.7 Å². The van der Waals surface area contributed by atoms with E-state index in [0.717, 1.165) is 10.6 Å². The summed E-state index contributed by atoms with van der Waals surface area (Å²) in [4.78, 5) is 37.7. The number of imide groups is 1. The van der Waals surface area contributed by atoms with Gasteiger partial charge in [0.05, 0.1) is 0 Å². The second-order valence-corrected chi connectivity index (χ2v) is 6.87. The normalized spacial score (nSPS) is 20.0. The molecule has 1 heterocycles. The van der Waals surface area contributed by atoms with Crippen LogP contribution >= 0.6 is 0 Å². The molecule has 4 amide bonds. The maximum atomic E-state index is 13.0. The van der Waals surface area contributed by atoms with Crippen molar-refractivity contribution in [3.05, 3.63) is 71.8 Å². The fraction of sp³-hybridized carbons (Fsp3) is 0.286. The topological polar surface area (TPSA) is 95.1 Å². The van der Waals surface area contributed by atoms with Gasteiger partial charge in [-0.15, -0.1) is 0 Å². The third kappa shape index (κ3) is 3.75. The number of hydrazine groups is 1. The Hall–Kier alpha value is -3.19. The lowest BCUT2D eigenvalue weighted by atomic mass is 9.87. The Morgan fingerprint density at radius 2 is 1.71 bits per heavy atom. The maximum absolute atomic E-state index is 13.0. The molecular formula is C21H25N4O3+.